The van der Waals surface area contributed by atoms with Gasteiger partial charge in [0.2, 0.25) is 16.4 Å². The summed E-state index contributed by atoms with van der Waals surface area (Å²) >= 11 is 0. The third-order valence-corrected chi connectivity index (χ3v) is 8.77. The van der Waals surface area contributed by atoms with E-state index in [0.717, 1.165) is 25.1 Å². The quantitative estimate of drug-likeness (QED) is 0.315. The van der Waals surface area contributed by atoms with Crippen LogP contribution in [0.5, 0.6) is 5.75 Å². The molecule has 0 spiro atoms. The molecule has 1 atom stereocenters. The molecule has 2 fully saturated rings. The Hall–Kier alpha value is -2.91. The molecule has 2 saturated heterocycles. The van der Waals surface area contributed by atoms with Crippen LogP contribution in [0.4, 0.5) is 5.69 Å². The molecular formula is C26H33N3O5S. The molecule has 0 N–H and O–H groups in total. The van der Waals surface area contributed by atoms with E-state index in [4.69, 9.17) is 4.74 Å². The second-order valence-electron chi connectivity index (χ2n) is 9.14. The summed E-state index contributed by atoms with van der Waals surface area (Å²) in [6.07, 6.45) is 3.76. The molecule has 2 heterocycles. The molecule has 1 amide bonds. The number of esters is 1. The van der Waals surface area contributed by atoms with Crippen LogP contribution in [0.1, 0.15) is 43.2 Å². The Labute approximate surface area is 207 Å². The molecule has 0 aliphatic carbocycles. The molecule has 4 rings (SSSR count). The predicted octanol–water partition coefficient (Wildman–Crippen LogP) is 3.16. The van der Waals surface area contributed by atoms with Crippen LogP contribution >= 0.6 is 0 Å². The Morgan fingerprint density at radius 1 is 1.00 bits per heavy atom. The number of sulfonamides is 1. The zero-order valence-corrected chi connectivity index (χ0v) is 21.2. The van der Waals surface area contributed by atoms with Crippen LogP contribution in [0.25, 0.3) is 0 Å². The van der Waals surface area contributed by atoms with Gasteiger partial charge in [-0.1, -0.05) is 19.1 Å². The molecule has 8 nitrogen and oxygen atoms in total. The molecule has 2 aliphatic rings. The van der Waals surface area contributed by atoms with Gasteiger partial charge in [-0.3, -0.25) is 9.59 Å². The molecular weight excluding hydrogens is 466 g/mol. The van der Waals surface area contributed by atoms with Crippen molar-refractivity contribution in [3.63, 3.8) is 0 Å². The van der Waals surface area contributed by atoms with Gasteiger partial charge < -0.3 is 14.5 Å². The van der Waals surface area contributed by atoms with E-state index in [0.29, 0.717) is 30.8 Å². The average molecular weight is 500 g/mol. The zero-order valence-electron chi connectivity index (χ0n) is 20.4. The van der Waals surface area contributed by atoms with Crippen LogP contribution in [-0.4, -0.2) is 69.3 Å². The zero-order chi connectivity index (χ0) is 25.0. The Bertz CT molecular complexity index is 1150. The van der Waals surface area contributed by atoms with Crippen LogP contribution in [0, 0.1) is 6.92 Å². The lowest BCUT2D eigenvalue weighted by molar-refractivity contribution is -0.136. The van der Waals surface area contributed by atoms with Gasteiger partial charge in [0.15, 0.2) is 0 Å². The molecule has 0 radical (unpaired) electrons. The van der Waals surface area contributed by atoms with Crippen molar-refractivity contribution in [3.8, 4) is 5.75 Å². The normalized spacial score (nSPS) is 17.9. The molecule has 2 aromatic rings. The number of benzene rings is 2. The van der Waals surface area contributed by atoms with Gasteiger partial charge in [-0.05, 0) is 67.6 Å². The van der Waals surface area contributed by atoms with Gasteiger partial charge >= 0.3 is 5.97 Å². The second-order valence-corrected chi connectivity index (χ2v) is 11.1. The molecule has 0 bridgehead atoms. The Balaban J connectivity index is 1.44. The van der Waals surface area contributed by atoms with E-state index < -0.39 is 15.9 Å². The first-order valence-electron chi connectivity index (χ1n) is 12.2. The van der Waals surface area contributed by atoms with Crippen molar-refractivity contribution in [3.05, 3.63) is 53.6 Å². The summed E-state index contributed by atoms with van der Waals surface area (Å²) in [5.74, 6) is -0.406. The van der Waals surface area contributed by atoms with E-state index in [9.17, 15) is 18.0 Å². The number of aryl methyl sites for hydroxylation is 1. The van der Waals surface area contributed by atoms with E-state index >= 15 is 0 Å². The van der Waals surface area contributed by atoms with Gasteiger partial charge in [0, 0.05) is 45.0 Å². The SMILES string of the molecule is CCC(C(=O)Oc1ccc(S(=O)(=O)N2CCN(C=O)CC2)cc1C)c1ccc(N2CCCC2)cc1. The highest BCUT2D eigenvalue weighted by atomic mass is 32.2. The van der Waals surface area contributed by atoms with E-state index in [2.05, 4.69) is 17.0 Å². The number of hydrogen-bond donors (Lipinski definition) is 0. The molecule has 1 unspecified atom stereocenters. The van der Waals surface area contributed by atoms with Crippen molar-refractivity contribution in [2.45, 2.75) is 43.9 Å². The van der Waals surface area contributed by atoms with E-state index in [1.54, 1.807) is 17.9 Å². The molecule has 9 heteroatoms. The fraction of sp³-hybridized carbons (Fsp3) is 0.462. The van der Waals surface area contributed by atoms with E-state index in [1.807, 2.05) is 19.1 Å². The lowest BCUT2D eigenvalue weighted by Crippen LogP contribution is -2.47. The first-order valence-corrected chi connectivity index (χ1v) is 13.6. The van der Waals surface area contributed by atoms with E-state index in [1.165, 1.54) is 35.0 Å². The molecule has 188 valence electrons. The minimum atomic E-state index is -3.69. The van der Waals surface area contributed by atoms with Crippen molar-refractivity contribution >= 4 is 28.1 Å². The van der Waals surface area contributed by atoms with Crippen molar-refractivity contribution in [2.75, 3.05) is 44.2 Å². The topological polar surface area (TPSA) is 87.2 Å². The van der Waals surface area contributed by atoms with Crippen molar-refractivity contribution < 1.29 is 22.7 Å². The van der Waals surface area contributed by atoms with Gasteiger partial charge in [-0.2, -0.15) is 4.31 Å². The minimum Gasteiger partial charge on any atom is -0.426 e. The molecule has 35 heavy (non-hydrogen) atoms. The summed E-state index contributed by atoms with van der Waals surface area (Å²) in [6.45, 7) is 7.07. The van der Waals surface area contributed by atoms with Gasteiger partial charge in [-0.15, -0.1) is 0 Å². The number of ether oxygens (including phenoxy) is 1. The number of hydrogen-bond acceptors (Lipinski definition) is 6. The predicted molar refractivity (Wildman–Crippen MR) is 134 cm³/mol. The van der Waals surface area contributed by atoms with Gasteiger partial charge in [0.1, 0.15) is 5.75 Å². The number of carbonyl (C=O) groups is 2. The summed E-state index contributed by atoms with van der Waals surface area (Å²) in [4.78, 5) is 28.0. The summed E-state index contributed by atoms with van der Waals surface area (Å²) in [7, 11) is -3.69. The second kappa shape index (κ2) is 10.8. The van der Waals surface area contributed by atoms with Crippen LogP contribution in [-0.2, 0) is 19.6 Å². The lowest BCUT2D eigenvalue weighted by atomic mass is 9.96. The smallest absolute Gasteiger partial charge is 0.318 e. The van der Waals surface area contributed by atoms with Crippen LogP contribution in [0.2, 0.25) is 0 Å². The summed E-state index contributed by atoms with van der Waals surface area (Å²) in [6, 6.07) is 12.7. The van der Waals surface area contributed by atoms with Crippen LogP contribution < -0.4 is 9.64 Å². The van der Waals surface area contributed by atoms with Crippen molar-refractivity contribution in [1.29, 1.82) is 0 Å². The Morgan fingerprint density at radius 3 is 2.23 bits per heavy atom. The number of anilines is 1. The van der Waals surface area contributed by atoms with E-state index in [-0.39, 0.29) is 24.0 Å². The number of nitrogens with zero attached hydrogens (tertiary/aromatic N) is 3. The molecule has 0 saturated carbocycles. The summed E-state index contributed by atoms with van der Waals surface area (Å²) < 4.78 is 33.2. The highest BCUT2D eigenvalue weighted by Crippen LogP contribution is 2.29. The minimum absolute atomic E-state index is 0.152. The fourth-order valence-corrected chi connectivity index (χ4v) is 6.21. The Morgan fingerprint density at radius 2 is 1.66 bits per heavy atom. The van der Waals surface area contributed by atoms with Gasteiger partial charge in [0.05, 0.1) is 10.8 Å². The molecule has 2 aliphatic heterocycles. The number of amides is 1. The monoisotopic (exact) mass is 499 g/mol. The first kappa shape index (κ1) is 25.2. The third-order valence-electron chi connectivity index (χ3n) is 6.88. The number of piperazine rings is 1. The van der Waals surface area contributed by atoms with Gasteiger partial charge in [0.25, 0.3) is 0 Å². The number of rotatable bonds is 8. The van der Waals surface area contributed by atoms with Crippen molar-refractivity contribution in [2.24, 2.45) is 0 Å². The van der Waals surface area contributed by atoms with Gasteiger partial charge in [-0.25, -0.2) is 8.42 Å². The van der Waals surface area contributed by atoms with Crippen LogP contribution in [0.3, 0.4) is 0 Å². The molecule has 2 aromatic carbocycles. The highest BCUT2D eigenvalue weighted by Gasteiger charge is 2.29. The maximum atomic E-state index is 13.0. The summed E-state index contributed by atoms with van der Waals surface area (Å²) in [5, 5.41) is 0. The summed E-state index contributed by atoms with van der Waals surface area (Å²) in [5.41, 5.74) is 2.66. The van der Waals surface area contributed by atoms with Crippen LogP contribution in [0.15, 0.2) is 47.4 Å². The standard InChI is InChI=1S/C26H33N3O5S/c1-3-24(21-6-8-22(9-7-21)28-12-4-5-13-28)26(31)34-25-11-10-23(18-20(25)2)35(32,33)29-16-14-27(19-30)15-17-29/h6-11,18-19,24H,3-5,12-17H2,1-2H3. The first-order chi connectivity index (χ1) is 16.8. The fourth-order valence-electron chi connectivity index (χ4n) is 4.71. The largest absolute Gasteiger partial charge is 0.426 e. The Kier molecular flexibility index (Phi) is 7.76. The highest BCUT2D eigenvalue weighted by molar-refractivity contribution is 7.89. The maximum absolute atomic E-state index is 13.0. The maximum Gasteiger partial charge on any atom is 0.318 e. The van der Waals surface area contributed by atoms with Crippen molar-refractivity contribution in [1.82, 2.24) is 9.21 Å². The number of carbonyl (C=O) groups excluding carboxylic acids is 2. The molecule has 0 aromatic heterocycles. The third kappa shape index (κ3) is 5.51. The average Bonchev–Trinajstić information content (AvgIpc) is 3.41. The lowest BCUT2D eigenvalue weighted by Gasteiger charge is -2.31.